The Bertz CT molecular complexity index is 731. The maximum absolute atomic E-state index is 5.51. The molecular formula is C18H18ClN2O-. The average molecular weight is 314 g/mol. The van der Waals surface area contributed by atoms with E-state index in [4.69, 9.17) is 4.74 Å². The Morgan fingerprint density at radius 2 is 1.73 bits per heavy atom. The van der Waals surface area contributed by atoms with E-state index in [1.54, 1.807) is 7.11 Å². The van der Waals surface area contributed by atoms with Crippen molar-refractivity contribution in [3.63, 3.8) is 0 Å². The number of ether oxygens (including phenoxy) is 1. The number of nitrogens with one attached hydrogen (secondary N) is 1. The topological polar surface area (TPSA) is 34.1 Å². The molecule has 0 bridgehead atoms. The number of benzene rings is 2. The summed E-state index contributed by atoms with van der Waals surface area (Å²) < 4.78 is 5.51. The lowest BCUT2D eigenvalue weighted by molar-refractivity contribution is -0.00000454. The molecule has 3 rings (SSSR count). The minimum absolute atomic E-state index is 0. The number of halogens is 1. The first-order valence-electron chi connectivity index (χ1n) is 7.03. The molecular weight excluding hydrogens is 296 g/mol. The van der Waals surface area contributed by atoms with Crippen molar-refractivity contribution in [3.8, 4) is 5.75 Å². The van der Waals surface area contributed by atoms with Gasteiger partial charge in [0, 0.05) is 31.0 Å². The van der Waals surface area contributed by atoms with Gasteiger partial charge in [0.15, 0.2) is 0 Å². The van der Waals surface area contributed by atoms with Crippen molar-refractivity contribution in [1.29, 1.82) is 0 Å². The standard InChI is InChI=1S/C18H18N2O.ClH/c1-21-18-7-6-15-4-2-3-5-16(15)17(18)13-20-12-14-8-10-19-11-9-14;/h2-11,20H,12-13H2,1H3;1H/p-1. The van der Waals surface area contributed by atoms with Crippen LogP contribution in [-0.2, 0) is 13.1 Å². The highest BCUT2D eigenvalue weighted by Crippen LogP contribution is 2.27. The smallest absolute Gasteiger partial charge is 0.123 e. The number of aromatic nitrogens is 1. The van der Waals surface area contributed by atoms with E-state index in [1.165, 1.54) is 21.9 Å². The van der Waals surface area contributed by atoms with E-state index >= 15 is 0 Å². The summed E-state index contributed by atoms with van der Waals surface area (Å²) in [5, 5.41) is 5.95. The predicted molar refractivity (Wildman–Crippen MR) is 85.3 cm³/mol. The number of hydrogen-bond acceptors (Lipinski definition) is 3. The Labute approximate surface area is 136 Å². The lowest BCUT2D eigenvalue weighted by atomic mass is 10.0. The van der Waals surface area contributed by atoms with Crippen LogP contribution in [0.2, 0.25) is 0 Å². The third-order valence-electron chi connectivity index (χ3n) is 3.60. The van der Waals surface area contributed by atoms with Crippen LogP contribution < -0.4 is 22.5 Å². The van der Waals surface area contributed by atoms with Crippen LogP contribution in [0.15, 0.2) is 60.9 Å². The van der Waals surface area contributed by atoms with E-state index in [2.05, 4.69) is 40.6 Å². The Balaban J connectivity index is 0.00000176. The van der Waals surface area contributed by atoms with Gasteiger partial charge in [-0.3, -0.25) is 4.98 Å². The molecule has 0 unspecified atom stereocenters. The molecule has 3 nitrogen and oxygen atoms in total. The molecule has 1 aromatic heterocycles. The zero-order chi connectivity index (χ0) is 14.5. The highest BCUT2D eigenvalue weighted by molar-refractivity contribution is 5.87. The van der Waals surface area contributed by atoms with Crippen LogP contribution >= 0.6 is 0 Å². The van der Waals surface area contributed by atoms with Crippen molar-refractivity contribution in [2.24, 2.45) is 0 Å². The summed E-state index contributed by atoms with van der Waals surface area (Å²) in [6.45, 7) is 1.59. The molecule has 0 radical (unpaired) electrons. The Kier molecular flexibility index (Phi) is 5.75. The quantitative estimate of drug-likeness (QED) is 0.746. The molecule has 3 aromatic rings. The minimum atomic E-state index is 0. The molecule has 0 spiro atoms. The van der Waals surface area contributed by atoms with Crippen molar-refractivity contribution < 1.29 is 17.1 Å². The highest BCUT2D eigenvalue weighted by atomic mass is 35.5. The fourth-order valence-corrected chi connectivity index (χ4v) is 2.52. The van der Waals surface area contributed by atoms with Crippen molar-refractivity contribution in [1.82, 2.24) is 10.3 Å². The Hall–Kier alpha value is -2.10. The second-order valence-corrected chi connectivity index (χ2v) is 4.93. The molecule has 1 heterocycles. The molecule has 4 heteroatoms. The summed E-state index contributed by atoms with van der Waals surface area (Å²) in [7, 11) is 1.72. The zero-order valence-corrected chi connectivity index (χ0v) is 13.2. The van der Waals surface area contributed by atoms with E-state index in [9.17, 15) is 0 Å². The van der Waals surface area contributed by atoms with E-state index in [1.807, 2.05) is 30.6 Å². The van der Waals surface area contributed by atoms with Crippen molar-refractivity contribution >= 4 is 10.8 Å². The second-order valence-electron chi connectivity index (χ2n) is 4.93. The van der Waals surface area contributed by atoms with Gasteiger partial charge in [0.25, 0.3) is 0 Å². The lowest BCUT2D eigenvalue weighted by Crippen LogP contribution is -3.00. The van der Waals surface area contributed by atoms with Crippen LogP contribution in [0.5, 0.6) is 5.75 Å². The average Bonchev–Trinajstić information content (AvgIpc) is 2.56. The van der Waals surface area contributed by atoms with Gasteiger partial charge in [-0.15, -0.1) is 0 Å². The van der Waals surface area contributed by atoms with Crippen LogP contribution in [0.25, 0.3) is 10.8 Å². The number of nitrogens with zero attached hydrogens (tertiary/aromatic N) is 1. The van der Waals surface area contributed by atoms with Crippen molar-refractivity contribution in [2.45, 2.75) is 13.1 Å². The molecule has 0 atom stereocenters. The molecule has 114 valence electrons. The first-order valence-corrected chi connectivity index (χ1v) is 7.03. The summed E-state index contributed by atoms with van der Waals surface area (Å²) in [5.41, 5.74) is 2.42. The van der Waals surface area contributed by atoms with Gasteiger partial charge < -0.3 is 22.5 Å². The van der Waals surface area contributed by atoms with E-state index in [-0.39, 0.29) is 12.4 Å². The molecule has 0 saturated carbocycles. The highest BCUT2D eigenvalue weighted by Gasteiger charge is 2.07. The van der Waals surface area contributed by atoms with E-state index in [0.29, 0.717) is 0 Å². The molecule has 22 heavy (non-hydrogen) atoms. The second kappa shape index (κ2) is 7.78. The number of pyridine rings is 1. The first-order chi connectivity index (χ1) is 10.4. The summed E-state index contributed by atoms with van der Waals surface area (Å²) in [6, 6.07) is 16.6. The van der Waals surface area contributed by atoms with E-state index < -0.39 is 0 Å². The maximum Gasteiger partial charge on any atom is 0.123 e. The van der Waals surface area contributed by atoms with Gasteiger partial charge in [0.1, 0.15) is 5.75 Å². The summed E-state index contributed by atoms with van der Waals surface area (Å²) in [6.07, 6.45) is 3.63. The van der Waals surface area contributed by atoms with Crippen LogP contribution in [0.3, 0.4) is 0 Å². The zero-order valence-electron chi connectivity index (χ0n) is 12.4. The largest absolute Gasteiger partial charge is 1.00 e. The summed E-state index contributed by atoms with van der Waals surface area (Å²) in [5.74, 6) is 0.927. The van der Waals surface area contributed by atoms with Crippen molar-refractivity contribution in [3.05, 3.63) is 72.1 Å². The Morgan fingerprint density at radius 3 is 2.50 bits per heavy atom. The fraction of sp³-hybridized carbons (Fsp3) is 0.167. The molecule has 0 aliphatic carbocycles. The molecule has 2 aromatic carbocycles. The van der Waals surface area contributed by atoms with Gasteiger partial charge in [0.2, 0.25) is 0 Å². The summed E-state index contributed by atoms with van der Waals surface area (Å²) in [4.78, 5) is 4.03. The SMILES string of the molecule is COc1ccc2ccccc2c1CNCc1ccncc1.[Cl-]. The van der Waals surface area contributed by atoms with Gasteiger partial charge in [-0.1, -0.05) is 30.3 Å². The molecule has 0 fully saturated rings. The molecule has 1 N–H and O–H groups in total. The third-order valence-corrected chi connectivity index (χ3v) is 3.60. The maximum atomic E-state index is 5.51. The monoisotopic (exact) mass is 313 g/mol. The number of fused-ring (bicyclic) bond motifs is 1. The van der Waals surface area contributed by atoms with Crippen LogP contribution in [0, 0.1) is 0 Å². The molecule has 0 aliphatic heterocycles. The van der Waals surface area contributed by atoms with Crippen LogP contribution in [0.4, 0.5) is 0 Å². The fourth-order valence-electron chi connectivity index (χ4n) is 2.52. The first kappa shape index (κ1) is 16.3. The minimum Gasteiger partial charge on any atom is -1.00 e. The Morgan fingerprint density at radius 1 is 0.955 bits per heavy atom. The third kappa shape index (κ3) is 3.56. The number of hydrogen-bond donors (Lipinski definition) is 1. The van der Waals surface area contributed by atoms with Gasteiger partial charge in [-0.2, -0.15) is 0 Å². The van der Waals surface area contributed by atoms with E-state index in [0.717, 1.165) is 18.8 Å². The molecule has 0 aliphatic rings. The number of methoxy groups -OCH3 is 1. The predicted octanol–water partition coefficient (Wildman–Crippen LogP) is 0.537. The van der Waals surface area contributed by atoms with Crippen LogP contribution in [-0.4, -0.2) is 12.1 Å². The lowest BCUT2D eigenvalue weighted by Gasteiger charge is -2.13. The number of rotatable bonds is 5. The molecule has 0 amide bonds. The summed E-state index contributed by atoms with van der Waals surface area (Å²) >= 11 is 0. The van der Waals surface area contributed by atoms with Gasteiger partial charge in [-0.05, 0) is 34.5 Å². The molecule has 0 saturated heterocycles. The normalized spacial score (nSPS) is 10.2. The van der Waals surface area contributed by atoms with Gasteiger partial charge in [-0.25, -0.2) is 0 Å². The van der Waals surface area contributed by atoms with Gasteiger partial charge >= 0.3 is 0 Å². The van der Waals surface area contributed by atoms with Gasteiger partial charge in [0.05, 0.1) is 7.11 Å². The van der Waals surface area contributed by atoms with Crippen molar-refractivity contribution in [2.75, 3.05) is 7.11 Å². The van der Waals surface area contributed by atoms with Crippen LogP contribution in [0.1, 0.15) is 11.1 Å².